The van der Waals surface area contributed by atoms with E-state index in [0.717, 1.165) is 10.9 Å². The molecule has 1 fully saturated rings. The van der Waals surface area contributed by atoms with E-state index >= 15 is 0 Å². The number of para-hydroxylation sites is 1. The SMILES string of the molecule is CN(C)C(=O)N1CCN(C(=O)c2n[nH]c3ccccc23)CC1. The van der Waals surface area contributed by atoms with E-state index in [1.54, 1.807) is 28.8 Å². The van der Waals surface area contributed by atoms with Crippen LogP contribution in [0.2, 0.25) is 0 Å². The molecule has 0 unspecified atom stereocenters. The highest BCUT2D eigenvalue weighted by Crippen LogP contribution is 2.17. The van der Waals surface area contributed by atoms with E-state index in [1.165, 1.54) is 0 Å². The van der Waals surface area contributed by atoms with Crippen molar-refractivity contribution in [3.05, 3.63) is 30.0 Å². The van der Waals surface area contributed by atoms with Crippen molar-refractivity contribution in [3.8, 4) is 0 Å². The van der Waals surface area contributed by atoms with Crippen LogP contribution < -0.4 is 0 Å². The van der Waals surface area contributed by atoms with Gasteiger partial charge in [0.15, 0.2) is 5.69 Å². The van der Waals surface area contributed by atoms with Gasteiger partial charge in [-0.3, -0.25) is 9.89 Å². The molecule has 1 aliphatic heterocycles. The molecule has 1 saturated heterocycles. The molecule has 0 aliphatic carbocycles. The van der Waals surface area contributed by atoms with Crippen LogP contribution in [0.3, 0.4) is 0 Å². The number of piperazine rings is 1. The van der Waals surface area contributed by atoms with Crippen molar-refractivity contribution in [2.45, 2.75) is 0 Å². The summed E-state index contributed by atoms with van der Waals surface area (Å²) in [6.45, 7) is 2.15. The maximum Gasteiger partial charge on any atom is 0.319 e. The number of hydrogen-bond donors (Lipinski definition) is 1. The lowest BCUT2D eigenvalue weighted by molar-refractivity contribution is 0.0646. The van der Waals surface area contributed by atoms with E-state index in [1.807, 2.05) is 24.3 Å². The molecule has 1 aromatic heterocycles. The van der Waals surface area contributed by atoms with Gasteiger partial charge in [-0.05, 0) is 6.07 Å². The van der Waals surface area contributed by atoms with Gasteiger partial charge in [0.25, 0.3) is 5.91 Å². The normalized spacial score (nSPS) is 15.2. The molecule has 0 atom stereocenters. The van der Waals surface area contributed by atoms with Crippen LogP contribution in [0.25, 0.3) is 10.9 Å². The summed E-state index contributed by atoms with van der Waals surface area (Å²) in [7, 11) is 3.46. The molecule has 7 heteroatoms. The number of carbonyl (C=O) groups is 2. The maximum atomic E-state index is 12.6. The van der Waals surface area contributed by atoms with Crippen molar-refractivity contribution < 1.29 is 9.59 Å². The monoisotopic (exact) mass is 301 g/mol. The van der Waals surface area contributed by atoms with Gasteiger partial charge in [0.2, 0.25) is 0 Å². The molecule has 7 nitrogen and oxygen atoms in total. The zero-order valence-electron chi connectivity index (χ0n) is 12.7. The number of benzene rings is 1. The van der Waals surface area contributed by atoms with Crippen LogP contribution in [0.15, 0.2) is 24.3 Å². The van der Waals surface area contributed by atoms with Crippen molar-refractivity contribution in [1.29, 1.82) is 0 Å². The second kappa shape index (κ2) is 5.67. The first-order chi connectivity index (χ1) is 10.6. The Morgan fingerprint density at radius 3 is 2.41 bits per heavy atom. The van der Waals surface area contributed by atoms with Crippen molar-refractivity contribution in [3.63, 3.8) is 0 Å². The Kier molecular flexibility index (Phi) is 3.70. The Morgan fingerprint density at radius 1 is 1.09 bits per heavy atom. The highest BCUT2D eigenvalue weighted by atomic mass is 16.2. The molecule has 0 radical (unpaired) electrons. The van der Waals surface area contributed by atoms with Crippen LogP contribution in [0.5, 0.6) is 0 Å². The molecule has 3 rings (SSSR count). The number of aromatic nitrogens is 2. The van der Waals surface area contributed by atoms with Gasteiger partial charge in [0, 0.05) is 45.7 Å². The Balaban J connectivity index is 1.71. The number of amides is 3. The number of nitrogens with one attached hydrogen (secondary N) is 1. The minimum absolute atomic E-state index is 0.0164. The highest BCUT2D eigenvalue weighted by molar-refractivity contribution is 6.04. The lowest BCUT2D eigenvalue weighted by Gasteiger charge is -2.35. The number of rotatable bonds is 1. The summed E-state index contributed by atoms with van der Waals surface area (Å²) in [5, 5.41) is 7.86. The fourth-order valence-corrected chi connectivity index (χ4v) is 2.66. The first kappa shape index (κ1) is 14.4. The highest BCUT2D eigenvalue weighted by Gasteiger charge is 2.27. The molecule has 116 valence electrons. The second-order valence-corrected chi connectivity index (χ2v) is 5.57. The number of nitrogens with zero attached hydrogens (tertiary/aromatic N) is 4. The van der Waals surface area contributed by atoms with E-state index in [-0.39, 0.29) is 11.9 Å². The predicted molar refractivity (Wildman–Crippen MR) is 82.7 cm³/mol. The number of H-pyrrole nitrogens is 1. The number of carbonyl (C=O) groups excluding carboxylic acids is 2. The maximum absolute atomic E-state index is 12.6. The quantitative estimate of drug-likeness (QED) is 0.854. The standard InChI is InChI=1S/C15H19N5O2/c1-18(2)15(22)20-9-7-19(8-10-20)14(21)13-11-5-3-4-6-12(11)16-17-13/h3-6H,7-10H2,1-2H3,(H,16,17). The van der Waals surface area contributed by atoms with Gasteiger partial charge in [-0.15, -0.1) is 0 Å². The Morgan fingerprint density at radius 2 is 1.73 bits per heavy atom. The average molecular weight is 301 g/mol. The van der Waals surface area contributed by atoms with Crippen LogP contribution in [-0.2, 0) is 0 Å². The fourth-order valence-electron chi connectivity index (χ4n) is 2.66. The summed E-state index contributed by atoms with van der Waals surface area (Å²) in [6.07, 6.45) is 0. The average Bonchev–Trinajstić information content (AvgIpc) is 2.97. The molecule has 0 bridgehead atoms. The van der Waals surface area contributed by atoms with Gasteiger partial charge in [-0.25, -0.2) is 4.79 Å². The van der Waals surface area contributed by atoms with Gasteiger partial charge in [-0.2, -0.15) is 5.10 Å². The Bertz CT molecular complexity index is 701. The molecular weight excluding hydrogens is 282 g/mol. The van der Waals surface area contributed by atoms with E-state index < -0.39 is 0 Å². The number of fused-ring (bicyclic) bond motifs is 1. The van der Waals surface area contributed by atoms with E-state index in [4.69, 9.17) is 0 Å². The third kappa shape index (κ3) is 2.49. The van der Waals surface area contributed by atoms with Crippen molar-refractivity contribution in [2.24, 2.45) is 0 Å². The van der Waals surface area contributed by atoms with Gasteiger partial charge < -0.3 is 14.7 Å². The largest absolute Gasteiger partial charge is 0.334 e. The zero-order chi connectivity index (χ0) is 15.7. The van der Waals surface area contributed by atoms with Crippen LogP contribution in [0, 0.1) is 0 Å². The van der Waals surface area contributed by atoms with Crippen LogP contribution >= 0.6 is 0 Å². The zero-order valence-corrected chi connectivity index (χ0v) is 12.7. The van der Waals surface area contributed by atoms with Gasteiger partial charge in [-0.1, -0.05) is 18.2 Å². The molecule has 1 N–H and O–H groups in total. The molecule has 0 saturated carbocycles. The molecule has 1 aliphatic rings. The van der Waals surface area contributed by atoms with Crippen LogP contribution in [0.1, 0.15) is 10.5 Å². The lowest BCUT2D eigenvalue weighted by Crippen LogP contribution is -2.52. The van der Waals surface area contributed by atoms with Crippen LogP contribution in [0.4, 0.5) is 4.79 Å². The number of urea groups is 1. The van der Waals surface area contributed by atoms with Crippen molar-refractivity contribution >= 4 is 22.8 Å². The topological polar surface area (TPSA) is 72.5 Å². The van der Waals surface area contributed by atoms with E-state index in [0.29, 0.717) is 31.9 Å². The smallest absolute Gasteiger partial charge is 0.319 e. The molecule has 0 spiro atoms. The van der Waals surface area contributed by atoms with Gasteiger partial charge >= 0.3 is 6.03 Å². The third-order valence-corrected chi connectivity index (χ3v) is 3.89. The minimum atomic E-state index is -0.0885. The lowest BCUT2D eigenvalue weighted by atomic mass is 10.2. The molecule has 2 heterocycles. The molecule has 22 heavy (non-hydrogen) atoms. The first-order valence-corrected chi connectivity index (χ1v) is 7.26. The second-order valence-electron chi connectivity index (χ2n) is 5.57. The van der Waals surface area contributed by atoms with E-state index in [2.05, 4.69) is 10.2 Å². The summed E-state index contributed by atoms with van der Waals surface area (Å²) >= 11 is 0. The predicted octanol–water partition coefficient (Wildman–Crippen LogP) is 1.00. The molecule has 1 aromatic carbocycles. The Hall–Kier alpha value is -2.57. The molecule has 3 amide bonds. The Labute approximate surface area is 128 Å². The molecule has 2 aromatic rings. The third-order valence-electron chi connectivity index (χ3n) is 3.89. The first-order valence-electron chi connectivity index (χ1n) is 7.26. The van der Waals surface area contributed by atoms with Gasteiger partial charge in [0.05, 0.1) is 5.52 Å². The van der Waals surface area contributed by atoms with Crippen LogP contribution in [-0.4, -0.2) is 77.1 Å². The summed E-state index contributed by atoms with van der Waals surface area (Å²) in [6, 6.07) is 7.56. The van der Waals surface area contributed by atoms with Crippen molar-refractivity contribution in [1.82, 2.24) is 24.9 Å². The fraction of sp³-hybridized carbons (Fsp3) is 0.400. The molecular formula is C15H19N5O2. The minimum Gasteiger partial charge on any atom is -0.334 e. The van der Waals surface area contributed by atoms with E-state index in [9.17, 15) is 9.59 Å². The van der Waals surface area contributed by atoms with Gasteiger partial charge in [0.1, 0.15) is 0 Å². The number of aromatic amines is 1. The summed E-state index contributed by atoms with van der Waals surface area (Å²) in [5.74, 6) is -0.0885. The summed E-state index contributed by atoms with van der Waals surface area (Å²) in [4.78, 5) is 29.6. The van der Waals surface area contributed by atoms with Crippen molar-refractivity contribution in [2.75, 3.05) is 40.3 Å². The number of hydrogen-bond acceptors (Lipinski definition) is 3. The summed E-state index contributed by atoms with van der Waals surface area (Å²) in [5.41, 5.74) is 1.30. The summed E-state index contributed by atoms with van der Waals surface area (Å²) < 4.78 is 0.